The highest BCUT2D eigenvalue weighted by Gasteiger charge is 2.71. The fourth-order valence-corrected chi connectivity index (χ4v) is 3.70. The molecule has 29 heavy (non-hydrogen) atoms. The van der Waals surface area contributed by atoms with E-state index in [1.54, 1.807) is 6.07 Å². The topological polar surface area (TPSA) is 75.6 Å². The number of anilines is 1. The highest BCUT2D eigenvalue weighted by molar-refractivity contribution is 7.92. The van der Waals surface area contributed by atoms with Crippen LogP contribution in [0, 0.1) is 6.92 Å². The molecule has 0 aliphatic rings. The molecule has 2 aromatic rings. The van der Waals surface area contributed by atoms with Gasteiger partial charge in [-0.2, -0.15) is 26.3 Å². The number of alkyl halides is 6. The molecule has 12 heteroatoms. The van der Waals surface area contributed by atoms with E-state index in [9.17, 15) is 39.9 Å². The van der Waals surface area contributed by atoms with Gasteiger partial charge in [0.1, 0.15) is 5.75 Å². The van der Waals surface area contributed by atoms with E-state index in [4.69, 9.17) is 4.74 Å². The first-order valence-electron chi connectivity index (χ1n) is 7.78. The lowest BCUT2D eigenvalue weighted by atomic mass is 9.90. The Balaban J connectivity index is 2.64. The van der Waals surface area contributed by atoms with Crippen molar-refractivity contribution in [1.82, 2.24) is 0 Å². The van der Waals surface area contributed by atoms with Crippen LogP contribution in [0.5, 0.6) is 5.75 Å². The average Bonchev–Trinajstić information content (AvgIpc) is 2.61. The number of hydrogen-bond donors (Lipinski definition) is 2. The molecular weight excluding hydrogens is 428 g/mol. The number of ether oxygens (including phenoxy) is 1. The van der Waals surface area contributed by atoms with E-state index in [2.05, 4.69) is 4.72 Å². The van der Waals surface area contributed by atoms with Crippen molar-refractivity contribution in [3.8, 4) is 5.75 Å². The van der Waals surface area contributed by atoms with Gasteiger partial charge < -0.3 is 9.84 Å². The Hall–Kier alpha value is -2.47. The van der Waals surface area contributed by atoms with Crippen LogP contribution in [0.15, 0.2) is 47.4 Å². The average molecular weight is 443 g/mol. The van der Waals surface area contributed by atoms with E-state index in [0.29, 0.717) is 6.07 Å². The van der Waals surface area contributed by atoms with Crippen molar-refractivity contribution < 1.29 is 44.6 Å². The first kappa shape index (κ1) is 22.8. The Morgan fingerprint density at radius 2 is 1.48 bits per heavy atom. The van der Waals surface area contributed by atoms with Crippen LogP contribution in [0.2, 0.25) is 0 Å². The van der Waals surface area contributed by atoms with Gasteiger partial charge in [-0.15, -0.1) is 0 Å². The molecule has 2 N–H and O–H groups in total. The maximum absolute atomic E-state index is 13.1. The highest BCUT2D eigenvalue weighted by Crippen LogP contribution is 2.51. The fourth-order valence-electron chi connectivity index (χ4n) is 2.54. The number of hydrogen-bond acceptors (Lipinski definition) is 4. The van der Waals surface area contributed by atoms with Crippen molar-refractivity contribution >= 4 is 15.7 Å². The minimum atomic E-state index is -6.09. The Labute approximate surface area is 162 Å². The van der Waals surface area contributed by atoms with Crippen molar-refractivity contribution in [3.63, 3.8) is 0 Å². The molecule has 0 aromatic heterocycles. The van der Waals surface area contributed by atoms with Gasteiger partial charge in [-0.25, -0.2) is 8.42 Å². The fraction of sp³-hybridized carbons (Fsp3) is 0.294. The lowest BCUT2D eigenvalue weighted by Gasteiger charge is -2.33. The number of sulfonamides is 1. The number of rotatable bonds is 5. The summed E-state index contributed by atoms with van der Waals surface area (Å²) in [4.78, 5) is -0.187. The smallest absolute Gasteiger partial charge is 0.430 e. The second kappa shape index (κ2) is 7.41. The minimum absolute atomic E-state index is 0.187. The van der Waals surface area contributed by atoms with Crippen LogP contribution < -0.4 is 9.46 Å². The lowest BCUT2D eigenvalue weighted by Crippen LogP contribution is -2.54. The second-order valence-electron chi connectivity index (χ2n) is 5.99. The van der Waals surface area contributed by atoms with Crippen molar-refractivity contribution in [2.45, 2.75) is 29.8 Å². The number of aliphatic hydroxyl groups is 1. The van der Waals surface area contributed by atoms with Crippen LogP contribution in [-0.2, 0) is 15.6 Å². The summed E-state index contributed by atoms with van der Waals surface area (Å²) in [5, 5.41) is 9.56. The predicted octanol–water partition coefficient (Wildman–Crippen LogP) is 4.12. The third-order valence-corrected chi connectivity index (χ3v) is 5.41. The molecule has 0 saturated carbocycles. The van der Waals surface area contributed by atoms with Crippen LogP contribution in [-0.4, -0.2) is 33.0 Å². The first-order valence-corrected chi connectivity index (χ1v) is 9.26. The summed E-state index contributed by atoms with van der Waals surface area (Å²) >= 11 is 0. The largest absolute Gasteiger partial charge is 0.495 e. The maximum Gasteiger partial charge on any atom is 0.430 e. The van der Waals surface area contributed by atoms with Crippen molar-refractivity contribution in [3.05, 3.63) is 53.6 Å². The van der Waals surface area contributed by atoms with Crippen LogP contribution in [0.25, 0.3) is 0 Å². The number of methoxy groups -OCH3 is 1. The van der Waals surface area contributed by atoms with Gasteiger partial charge >= 0.3 is 12.4 Å². The van der Waals surface area contributed by atoms with Gasteiger partial charge in [0.05, 0.1) is 17.7 Å². The Kier molecular flexibility index (Phi) is 5.83. The molecule has 0 saturated heterocycles. The van der Waals surface area contributed by atoms with E-state index < -0.39 is 39.3 Å². The van der Waals surface area contributed by atoms with Crippen LogP contribution in [0.3, 0.4) is 0 Å². The van der Waals surface area contributed by atoms with Crippen molar-refractivity contribution in [2.75, 3.05) is 11.8 Å². The Bertz CT molecular complexity index is 973. The molecule has 0 spiro atoms. The normalized spacial score (nSPS) is 13.3. The predicted molar refractivity (Wildman–Crippen MR) is 91.0 cm³/mol. The molecule has 5 nitrogen and oxygen atoms in total. The third kappa shape index (κ3) is 4.13. The van der Waals surface area contributed by atoms with E-state index in [-0.39, 0.29) is 22.2 Å². The van der Waals surface area contributed by atoms with Gasteiger partial charge in [0.2, 0.25) is 0 Å². The zero-order valence-electron chi connectivity index (χ0n) is 14.9. The molecule has 0 amide bonds. The molecule has 2 rings (SSSR count). The second-order valence-corrected chi connectivity index (χ2v) is 7.68. The number of benzene rings is 2. The van der Waals surface area contributed by atoms with Gasteiger partial charge in [0.15, 0.2) is 0 Å². The van der Waals surface area contributed by atoms with Crippen molar-refractivity contribution in [1.29, 1.82) is 0 Å². The summed E-state index contributed by atoms with van der Waals surface area (Å²) in [7, 11) is -3.28. The number of aryl methyl sites for hydroxylation is 1. The monoisotopic (exact) mass is 443 g/mol. The molecule has 0 aliphatic carbocycles. The molecule has 0 unspecified atom stereocenters. The van der Waals surface area contributed by atoms with E-state index >= 15 is 0 Å². The number of nitrogens with one attached hydrogen (secondary N) is 1. The summed E-state index contributed by atoms with van der Waals surface area (Å²) in [6, 6.07) is 7.57. The van der Waals surface area contributed by atoms with E-state index in [0.717, 1.165) is 14.0 Å². The van der Waals surface area contributed by atoms with Gasteiger partial charge in [-0.1, -0.05) is 24.3 Å². The highest BCUT2D eigenvalue weighted by atomic mass is 32.2. The molecule has 0 radical (unpaired) electrons. The van der Waals surface area contributed by atoms with Gasteiger partial charge in [-0.05, 0) is 30.7 Å². The molecule has 0 aliphatic heterocycles. The minimum Gasteiger partial charge on any atom is -0.495 e. The van der Waals surface area contributed by atoms with Gasteiger partial charge in [0.25, 0.3) is 15.6 Å². The lowest BCUT2D eigenvalue weighted by molar-refractivity contribution is -0.376. The standard InChI is InChI=1S/C17H15F6NO4S/c1-10-8-11(15(25,16(18,19)20)17(21,22)23)9-13(28-2)14(10)24-29(26,27)12-6-4-3-5-7-12/h3-9,24-25H,1-2H3. The molecule has 160 valence electrons. The van der Waals surface area contributed by atoms with Crippen LogP contribution in [0.1, 0.15) is 11.1 Å². The summed E-state index contributed by atoms with van der Waals surface area (Å²) in [6.45, 7) is 1.07. The molecular formula is C17H15F6NO4S. The van der Waals surface area contributed by atoms with Crippen LogP contribution in [0.4, 0.5) is 32.0 Å². The zero-order chi connectivity index (χ0) is 22.3. The molecule has 0 bridgehead atoms. The number of halogens is 6. The first-order chi connectivity index (χ1) is 13.1. The summed E-state index contributed by atoms with van der Waals surface area (Å²) in [5.41, 5.74) is -7.43. The molecule has 0 heterocycles. The zero-order valence-corrected chi connectivity index (χ0v) is 15.7. The van der Waals surface area contributed by atoms with E-state index in [1.807, 2.05) is 0 Å². The van der Waals surface area contributed by atoms with Gasteiger partial charge in [0, 0.05) is 5.56 Å². The third-order valence-electron chi connectivity index (χ3n) is 4.05. The summed E-state index contributed by atoms with van der Waals surface area (Å²) < 4.78 is 111. The van der Waals surface area contributed by atoms with Crippen molar-refractivity contribution in [2.24, 2.45) is 0 Å². The Morgan fingerprint density at radius 1 is 0.966 bits per heavy atom. The van der Waals surface area contributed by atoms with Gasteiger partial charge in [-0.3, -0.25) is 4.72 Å². The van der Waals surface area contributed by atoms with E-state index in [1.165, 1.54) is 24.3 Å². The maximum atomic E-state index is 13.1. The SMILES string of the molecule is COc1cc(C(O)(C(F)(F)F)C(F)(F)F)cc(C)c1NS(=O)(=O)c1ccccc1. The Morgan fingerprint density at radius 3 is 1.93 bits per heavy atom. The molecule has 0 fully saturated rings. The molecule has 0 atom stereocenters. The quantitative estimate of drug-likeness (QED) is 0.682. The summed E-state index contributed by atoms with van der Waals surface area (Å²) in [5.74, 6) is -0.633. The summed E-state index contributed by atoms with van der Waals surface area (Å²) in [6.07, 6.45) is -12.2. The molecule has 2 aromatic carbocycles. The van der Waals surface area contributed by atoms with Crippen LogP contribution >= 0.6 is 0 Å².